The maximum absolute atomic E-state index is 11.9. The third kappa shape index (κ3) is 4.38. The van der Waals surface area contributed by atoms with Gasteiger partial charge in [-0.15, -0.1) is 0 Å². The first kappa shape index (κ1) is 15.7. The van der Waals surface area contributed by atoms with Gasteiger partial charge >= 0.3 is 11.9 Å². The Hall–Kier alpha value is -2.37. The number of para-hydroxylation sites is 1. The number of carbonyl (C=O) groups is 3. The first-order chi connectivity index (χ1) is 9.60. The number of carbonyl (C=O) groups excluding carboxylic acids is 3. The Kier molecular flexibility index (Phi) is 6.22. The Balaban J connectivity index is 2.88. The Bertz CT molecular complexity index is 472. The molecule has 0 aliphatic heterocycles. The summed E-state index contributed by atoms with van der Waals surface area (Å²) in [5, 5.41) is 2.68. The summed E-state index contributed by atoms with van der Waals surface area (Å²) in [5.74, 6) is -2.85. The monoisotopic (exact) mass is 279 g/mol. The highest BCUT2D eigenvalue weighted by Crippen LogP contribution is 2.09. The summed E-state index contributed by atoms with van der Waals surface area (Å²) >= 11 is 0. The van der Waals surface area contributed by atoms with Gasteiger partial charge in [-0.3, -0.25) is 4.79 Å². The molecule has 108 valence electrons. The summed E-state index contributed by atoms with van der Waals surface area (Å²) < 4.78 is 9.41. The molecule has 1 unspecified atom stereocenters. The van der Waals surface area contributed by atoms with Crippen molar-refractivity contribution in [2.45, 2.75) is 19.9 Å². The van der Waals surface area contributed by atoms with Crippen LogP contribution in [0, 0.1) is 0 Å². The van der Waals surface area contributed by atoms with Crippen molar-refractivity contribution in [2.75, 3.05) is 18.5 Å². The van der Waals surface area contributed by atoms with Crippen molar-refractivity contribution in [3.05, 3.63) is 30.3 Å². The summed E-state index contributed by atoms with van der Waals surface area (Å²) in [7, 11) is 0. The minimum atomic E-state index is -1.41. The lowest BCUT2D eigenvalue weighted by Gasteiger charge is -2.16. The van der Waals surface area contributed by atoms with Gasteiger partial charge in [-0.2, -0.15) is 0 Å². The average Bonchev–Trinajstić information content (AvgIpc) is 2.45. The summed E-state index contributed by atoms with van der Waals surface area (Å²) in [4.78, 5) is 35.2. The fourth-order valence-corrected chi connectivity index (χ4v) is 1.48. The fraction of sp³-hybridized carbons (Fsp3) is 0.357. The molecule has 0 saturated heterocycles. The maximum Gasteiger partial charge on any atom is 0.377 e. The molecule has 0 spiro atoms. The van der Waals surface area contributed by atoms with Crippen molar-refractivity contribution in [1.82, 2.24) is 0 Å². The second-order valence-electron chi connectivity index (χ2n) is 3.78. The van der Waals surface area contributed by atoms with Crippen molar-refractivity contribution in [1.29, 1.82) is 0 Å². The topological polar surface area (TPSA) is 81.7 Å². The van der Waals surface area contributed by atoms with Gasteiger partial charge in [0, 0.05) is 5.69 Å². The van der Waals surface area contributed by atoms with E-state index in [9.17, 15) is 14.4 Å². The van der Waals surface area contributed by atoms with Crippen molar-refractivity contribution >= 4 is 23.4 Å². The van der Waals surface area contributed by atoms with E-state index in [0.717, 1.165) is 0 Å². The summed E-state index contributed by atoms with van der Waals surface area (Å²) in [5.41, 5.74) is 0.531. The molecule has 0 radical (unpaired) electrons. The number of hydrogen-bond donors (Lipinski definition) is 1. The van der Waals surface area contributed by atoms with E-state index in [0.29, 0.717) is 5.69 Å². The van der Waals surface area contributed by atoms with E-state index in [1.165, 1.54) is 0 Å². The fourth-order valence-electron chi connectivity index (χ4n) is 1.48. The first-order valence-electron chi connectivity index (χ1n) is 6.29. The lowest BCUT2D eigenvalue weighted by atomic mass is 10.1. The van der Waals surface area contributed by atoms with E-state index in [4.69, 9.17) is 4.74 Å². The molecule has 0 aromatic heterocycles. The second-order valence-corrected chi connectivity index (χ2v) is 3.78. The Labute approximate surface area is 117 Å². The van der Waals surface area contributed by atoms with Gasteiger partial charge in [0.15, 0.2) is 6.04 Å². The highest BCUT2D eigenvalue weighted by atomic mass is 16.5. The van der Waals surface area contributed by atoms with Gasteiger partial charge in [-0.05, 0) is 26.0 Å². The Morgan fingerprint density at radius 3 is 2.20 bits per heavy atom. The van der Waals surface area contributed by atoms with Gasteiger partial charge in [0.1, 0.15) is 0 Å². The number of ether oxygens (including phenoxy) is 2. The largest absolute Gasteiger partial charge is 0.464 e. The zero-order chi connectivity index (χ0) is 15.0. The van der Waals surface area contributed by atoms with Gasteiger partial charge in [-0.25, -0.2) is 9.59 Å². The van der Waals surface area contributed by atoms with Gasteiger partial charge in [0.05, 0.1) is 13.2 Å². The first-order valence-corrected chi connectivity index (χ1v) is 6.29. The van der Waals surface area contributed by atoms with Crippen LogP contribution < -0.4 is 5.32 Å². The lowest BCUT2D eigenvalue weighted by Crippen LogP contribution is -2.43. The molecule has 6 heteroatoms. The lowest BCUT2D eigenvalue weighted by molar-refractivity contribution is -0.158. The van der Waals surface area contributed by atoms with E-state index < -0.39 is 23.8 Å². The van der Waals surface area contributed by atoms with Gasteiger partial charge in [0.2, 0.25) is 0 Å². The van der Waals surface area contributed by atoms with Crippen molar-refractivity contribution in [3.63, 3.8) is 0 Å². The molecular weight excluding hydrogens is 262 g/mol. The third-order valence-corrected chi connectivity index (χ3v) is 2.35. The van der Waals surface area contributed by atoms with Crippen molar-refractivity contribution < 1.29 is 23.9 Å². The molecule has 1 aromatic rings. The molecule has 0 amide bonds. The van der Waals surface area contributed by atoms with E-state index in [-0.39, 0.29) is 13.2 Å². The number of ketones is 1. The molecular formula is C14H17NO5. The molecule has 1 atom stereocenters. The molecule has 0 heterocycles. The summed E-state index contributed by atoms with van der Waals surface area (Å²) in [6.45, 7) is 3.37. The normalized spacial score (nSPS) is 11.3. The van der Waals surface area contributed by atoms with Crippen LogP contribution in [0.15, 0.2) is 30.3 Å². The van der Waals surface area contributed by atoms with Crippen LogP contribution in [-0.2, 0) is 23.9 Å². The molecule has 0 bridgehead atoms. The van der Waals surface area contributed by atoms with Crippen LogP contribution in [0.2, 0.25) is 0 Å². The molecule has 1 rings (SSSR count). The minimum Gasteiger partial charge on any atom is -0.464 e. The Morgan fingerprint density at radius 1 is 1.05 bits per heavy atom. The van der Waals surface area contributed by atoms with Crippen LogP contribution in [0.5, 0.6) is 0 Å². The predicted molar refractivity (Wildman–Crippen MR) is 72.1 cm³/mol. The van der Waals surface area contributed by atoms with Crippen LogP contribution >= 0.6 is 0 Å². The minimum absolute atomic E-state index is 0.0610. The van der Waals surface area contributed by atoms with Gasteiger partial charge in [-0.1, -0.05) is 18.2 Å². The molecule has 20 heavy (non-hydrogen) atoms. The highest BCUT2D eigenvalue weighted by molar-refractivity contribution is 6.40. The molecule has 0 fully saturated rings. The van der Waals surface area contributed by atoms with Crippen LogP contribution in [0.3, 0.4) is 0 Å². The number of nitrogens with one attached hydrogen (secondary N) is 1. The van der Waals surface area contributed by atoms with E-state index in [2.05, 4.69) is 10.1 Å². The zero-order valence-corrected chi connectivity index (χ0v) is 11.4. The molecule has 6 nitrogen and oxygen atoms in total. The number of rotatable bonds is 7. The quantitative estimate of drug-likeness (QED) is 0.458. The zero-order valence-electron chi connectivity index (χ0n) is 11.4. The molecule has 0 aliphatic carbocycles. The molecule has 1 aromatic carbocycles. The summed E-state index contributed by atoms with van der Waals surface area (Å²) in [6, 6.07) is 7.20. The molecule has 0 saturated carbocycles. The van der Waals surface area contributed by atoms with E-state index in [1.807, 2.05) is 0 Å². The predicted octanol–water partition coefficient (Wildman–Crippen LogP) is 1.16. The summed E-state index contributed by atoms with van der Waals surface area (Å²) in [6.07, 6.45) is 0. The Morgan fingerprint density at radius 2 is 1.65 bits per heavy atom. The smallest absolute Gasteiger partial charge is 0.377 e. The van der Waals surface area contributed by atoms with Crippen LogP contribution in [0.25, 0.3) is 0 Å². The number of hydrogen-bond acceptors (Lipinski definition) is 6. The number of esters is 2. The average molecular weight is 279 g/mol. The van der Waals surface area contributed by atoms with E-state index in [1.54, 1.807) is 44.2 Å². The number of benzene rings is 1. The SMILES string of the molecule is CCOC(=O)C(=O)C(Nc1ccccc1)C(=O)OCC. The van der Waals surface area contributed by atoms with Crippen molar-refractivity contribution in [3.8, 4) is 0 Å². The van der Waals surface area contributed by atoms with Crippen LogP contribution in [0.1, 0.15) is 13.8 Å². The van der Waals surface area contributed by atoms with Crippen LogP contribution in [-0.4, -0.2) is 37.0 Å². The standard InChI is InChI=1S/C14H17NO5/c1-3-19-13(17)11(12(16)14(18)20-4-2)15-10-8-6-5-7-9-10/h5-9,11,15H,3-4H2,1-2H3. The number of Topliss-reactive ketones (excluding diaryl/α,β-unsaturated/α-hetero) is 1. The maximum atomic E-state index is 11.9. The van der Waals surface area contributed by atoms with Crippen LogP contribution in [0.4, 0.5) is 5.69 Å². The van der Waals surface area contributed by atoms with Gasteiger partial charge in [0.25, 0.3) is 5.78 Å². The van der Waals surface area contributed by atoms with Crippen molar-refractivity contribution in [2.24, 2.45) is 0 Å². The van der Waals surface area contributed by atoms with E-state index >= 15 is 0 Å². The third-order valence-electron chi connectivity index (χ3n) is 2.35. The molecule has 0 aliphatic rings. The second kappa shape index (κ2) is 7.93. The highest BCUT2D eigenvalue weighted by Gasteiger charge is 2.34. The molecule has 1 N–H and O–H groups in total. The van der Waals surface area contributed by atoms with Gasteiger partial charge < -0.3 is 14.8 Å². The number of anilines is 1.